The number of ether oxygens (including phenoxy) is 1. The van der Waals surface area contributed by atoms with Gasteiger partial charge in [0.05, 0.1) is 36.2 Å². The first-order valence-corrected chi connectivity index (χ1v) is 11.1. The van der Waals surface area contributed by atoms with E-state index in [4.69, 9.17) is 15.3 Å². The highest BCUT2D eigenvalue weighted by atomic mass is 32.2. The molecule has 9 nitrogen and oxygen atoms in total. The molecule has 0 N–H and O–H groups in total. The molecule has 2 aromatic carbocycles. The summed E-state index contributed by atoms with van der Waals surface area (Å²) in [5.74, 6) is -1.55. The number of esters is 1. The molecular formula is C22H22N4O5S. The molecule has 2 rings (SSSR count). The Bertz CT molecular complexity index is 1120. The fraction of sp³-hybridized carbons (Fsp3) is 0.273. The Balaban J connectivity index is 2.19. The first-order chi connectivity index (χ1) is 15.3. The SMILES string of the molecule is CN(c1ccccc1)S(=O)(=O)c1ccccc1C(=O)OCC(=O)N(CCC#N)CCC#N. The van der Waals surface area contributed by atoms with Gasteiger partial charge in [0.15, 0.2) is 6.61 Å². The number of nitriles is 2. The quantitative estimate of drug-likeness (QED) is 0.503. The number of carbonyl (C=O) groups is 2. The number of rotatable bonds is 10. The van der Waals surface area contributed by atoms with Gasteiger partial charge in [-0.2, -0.15) is 10.5 Å². The monoisotopic (exact) mass is 454 g/mol. The Hall–Kier alpha value is -3.89. The summed E-state index contributed by atoms with van der Waals surface area (Å²) in [6, 6.07) is 17.8. The van der Waals surface area contributed by atoms with E-state index in [1.165, 1.54) is 36.2 Å². The minimum absolute atomic E-state index is 0.0675. The summed E-state index contributed by atoms with van der Waals surface area (Å²) in [6.45, 7) is -0.443. The number of nitrogens with zero attached hydrogens (tertiary/aromatic N) is 4. The molecule has 0 aliphatic rings. The number of carbonyl (C=O) groups excluding carboxylic acids is 2. The summed E-state index contributed by atoms with van der Waals surface area (Å²) in [6.07, 6.45) is 0.135. The normalized spacial score (nSPS) is 10.5. The van der Waals surface area contributed by atoms with Crippen molar-refractivity contribution in [2.24, 2.45) is 0 Å². The number of amides is 1. The Morgan fingerprint density at radius 3 is 2.09 bits per heavy atom. The maximum atomic E-state index is 13.1. The molecule has 10 heteroatoms. The van der Waals surface area contributed by atoms with Crippen molar-refractivity contribution in [3.05, 3.63) is 60.2 Å². The molecule has 0 aromatic heterocycles. The summed E-state index contributed by atoms with van der Waals surface area (Å²) in [5, 5.41) is 17.4. The maximum absolute atomic E-state index is 13.1. The second-order valence-corrected chi connectivity index (χ2v) is 8.52. The van der Waals surface area contributed by atoms with E-state index in [-0.39, 0.29) is 36.4 Å². The summed E-state index contributed by atoms with van der Waals surface area (Å²) < 4.78 is 32.4. The zero-order valence-corrected chi connectivity index (χ0v) is 18.3. The molecule has 0 atom stereocenters. The zero-order chi connectivity index (χ0) is 23.6. The standard InChI is InChI=1S/C22H22N4O5S/c1-25(18-9-3-2-4-10-18)32(29,30)20-12-6-5-11-19(20)22(28)31-17-21(27)26(15-7-13-23)16-8-14-24/h2-6,9-12H,7-8,15-17H2,1H3. The number of hydrogen-bond acceptors (Lipinski definition) is 7. The average Bonchev–Trinajstić information content (AvgIpc) is 2.82. The lowest BCUT2D eigenvalue weighted by Gasteiger charge is -2.21. The maximum Gasteiger partial charge on any atom is 0.340 e. The van der Waals surface area contributed by atoms with E-state index in [0.717, 1.165) is 4.31 Å². The Labute approximate surface area is 187 Å². The summed E-state index contributed by atoms with van der Waals surface area (Å²) in [4.78, 5) is 26.0. The predicted molar refractivity (Wildman–Crippen MR) is 116 cm³/mol. The third kappa shape index (κ3) is 6.06. The predicted octanol–water partition coefficient (Wildman–Crippen LogP) is 2.32. The average molecular weight is 455 g/mol. The van der Waals surface area contributed by atoms with E-state index in [1.807, 2.05) is 12.1 Å². The number of anilines is 1. The van der Waals surface area contributed by atoms with Crippen LogP contribution < -0.4 is 4.31 Å². The highest BCUT2D eigenvalue weighted by Crippen LogP contribution is 2.24. The van der Waals surface area contributed by atoms with Crippen LogP contribution in [0.15, 0.2) is 59.5 Å². The third-order valence-electron chi connectivity index (χ3n) is 4.53. The molecule has 0 aliphatic carbocycles. The van der Waals surface area contributed by atoms with Crippen molar-refractivity contribution < 1.29 is 22.7 Å². The van der Waals surface area contributed by atoms with Crippen LogP contribution in [-0.4, -0.2) is 51.9 Å². The second kappa shape index (κ2) is 11.5. The molecular weight excluding hydrogens is 432 g/mol. The molecule has 0 unspecified atom stereocenters. The largest absolute Gasteiger partial charge is 0.452 e. The van der Waals surface area contributed by atoms with Crippen LogP contribution in [0.4, 0.5) is 5.69 Å². The van der Waals surface area contributed by atoms with E-state index >= 15 is 0 Å². The fourth-order valence-corrected chi connectivity index (χ4v) is 4.19. The Morgan fingerprint density at radius 1 is 0.938 bits per heavy atom. The molecule has 1 amide bonds. The first kappa shape index (κ1) is 24.4. The van der Waals surface area contributed by atoms with Crippen molar-refractivity contribution in [1.82, 2.24) is 4.90 Å². The minimum Gasteiger partial charge on any atom is -0.452 e. The van der Waals surface area contributed by atoms with Crippen molar-refractivity contribution in [2.45, 2.75) is 17.7 Å². The number of sulfonamides is 1. The van der Waals surface area contributed by atoms with E-state index < -0.39 is 28.5 Å². The highest BCUT2D eigenvalue weighted by molar-refractivity contribution is 7.92. The van der Waals surface area contributed by atoms with Gasteiger partial charge >= 0.3 is 5.97 Å². The van der Waals surface area contributed by atoms with Crippen LogP contribution in [0.5, 0.6) is 0 Å². The van der Waals surface area contributed by atoms with Gasteiger partial charge in [-0.15, -0.1) is 0 Å². The van der Waals surface area contributed by atoms with Gasteiger partial charge in [-0.05, 0) is 24.3 Å². The van der Waals surface area contributed by atoms with Gasteiger partial charge in [-0.25, -0.2) is 13.2 Å². The van der Waals surface area contributed by atoms with Crippen LogP contribution in [0, 0.1) is 22.7 Å². The second-order valence-electron chi connectivity index (χ2n) is 6.58. The first-order valence-electron chi connectivity index (χ1n) is 9.64. The van der Waals surface area contributed by atoms with Crippen LogP contribution in [0.1, 0.15) is 23.2 Å². The van der Waals surface area contributed by atoms with Gasteiger partial charge < -0.3 is 9.64 Å². The minimum atomic E-state index is -4.08. The van der Waals surface area contributed by atoms with Crippen molar-refractivity contribution in [3.63, 3.8) is 0 Å². The molecule has 0 spiro atoms. The Morgan fingerprint density at radius 2 is 1.50 bits per heavy atom. The molecule has 0 radical (unpaired) electrons. The number of para-hydroxylation sites is 1. The van der Waals surface area contributed by atoms with Gasteiger partial charge in [-0.1, -0.05) is 30.3 Å². The highest BCUT2D eigenvalue weighted by Gasteiger charge is 2.28. The van der Waals surface area contributed by atoms with Crippen molar-refractivity contribution in [2.75, 3.05) is 31.0 Å². The lowest BCUT2D eigenvalue weighted by Crippen LogP contribution is -2.36. The fourth-order valence-electron chi connectivity index (χ4n) is 2.81. The topological polar surface area (TPSA) is 132 Å². The van der Waals surface area contributed by atoms with Crippen LogP contribution in [0.25, 0.3) is 0 Å². The smallest absolute Gasteiger partial charge is 0.340 e. The lowest BCUT2D eigenvalue weighted by molar-refractivity contribution is -0.134. The third-order valence-corrected chi connectivity index (χ3v) is 6.38. The van der Waals surface area contributed by atoms with Crippen LogP contribution in [0.3, 0.4) is 0 Å². The van der Waals surface area contributed by atoms with Crippen molar-refractivity contribution >= 4 is 27.6 Å². The van der Waals surface area contributed by atoms with E-state index in [0.29, 0.717) is 5.69 Å². The zero-order valence-electron chi connectivity index (χ0n) is 17.5. The van der Waals surface area contributed by atoms with Gasteiger partial charge in [0, 0.05) is 20.1 Å². The summed E-state index contributed by atoms with van der Waals surface area (Å²) >= 11 is 0. The lowest BCUT2D eigenvalue weighted by atomic mass is 10.2. The Kier molecular flexibility index (Phi) is 8.75. The summed E-state index contributed by atoms with van der Waals surface area (Å²) in [5.41, 5.74) is 0.208. The van der Waals surface area contributed by atoms with Crippen molar-refractivity contribution in [3.8, 4) is 12.1 Å². The van der Waals surface area contributed by atoms with E-state index in [2.05, 4.69) is 0 Å². The molecule has 2 aromatic rings. The van der Waals surface area contributed by atoms with Crippen molar-refractivity contribution in [1.29, 1.82) is 10.5 Å². The summed E-state index contributed by atoms with van der Waals surface area (Å²) in [7, 11) is -2.71. The number of hydrogen-bond donors (Lipinski definition) is 0. The van der Waals surface area contributed by atoms with Crippen LogP contribution in [0.2, 0.25) is 0 Å². The van der Waals surface area contributed by atoms with Gasteiger partial charge in [-0.3, -0.25) is 9.10 Å². The molecule has 0 bridgehead atoms. The van der Waals surface area contributed by atoms with E-state index in [9.17, 15) is 18.0 Å². The van der Waals surface area contributed by atoms with Gasteiger partial charge in [0.2, 0.25) is 0 Å². The van der Waals surface area contributed by atoms with Gasteiger partial charge in [0.25, 0.3) is 15.9 Å². The molecule has 0 fully saturated rings. The molecule has 0 heterocycles. The van der Waals surface area contributed by atoms with Gasteiger partial charge in [0.1, 0.15) is 4.90 Å². The molecule has 32 heavy (non-hydrogen) atoms. The number of benzene rings is 2. The van der Waals surface area contributed by atoms with Crippen LogP contribution >= 0.6 is 0 Å². The van der Waals surface area contributed by atoms with E-state index in [1.54, 1.807) is 30.3 Å². The molecule has 166 valence electrons. The molecule has 0 saturated heterocycles. The molecule has 0 aliphatic heterocycles. The molecule has 0 saturated carbocycles. The van der Waals surface area contributed by atoms with Crippen LogP contribution in [-0.2, 0) is 19.6 Å².